The number of ether oxygens (including phenoxy) is 3. The van der Waals surface area contributed by atoms with Gasteiger partial charge in [-0.2, -0.15) is 13.2 Å². The molecule has 2 aromatic rings. The third-order valence-corrected chi connectivity index (χ3v) is 4.80. The number of likely N-dealkylation sites (tertiary alicyclic amines) is 1. The summed E-state index contributed by atoms with van der Waals surface area (Å²) in [5.74, 6) is 1.31. The van der Waals surface area contributed by atoms with Crippen molar-refractivity contribution in [1.29, 1.82) is 0 Å². The highest BCUT2D eigenvalue weighted by atomic mass is 19.4. The average Bonchev–Trinajstić information content (AvgIpc) is 3.21. The third kappa shape index (κ3) is 5.28. The first-order valence-corrected chi connectivity index (χ1v) is 9.40. The molecule has 1 fully saturated rings. The van der Waals surface area contributed by atoms with Crippen molar-refractivity contribution >= 4 is 11.7 Å². The number of carbonyl (C=O) groups is 1. The summed E-state index contributed by atoms with van der Waals surface area (Å²) in [6.45, 7) is -0.841. The fourth-order valence-corrected chi connectivity index (χ4v) is 3.45. The summed E-state index contributed by atoms with van der Waals surface area (Å²) < 4.78 is 52.5. The van der Waals surface area contributed by atoms with Crippen LogP contribution in [0.4, 0.5) is 23.7 Å². The second-order valence-corrected chi connectivity index (χ2v) is 6.82. The van der Waals surface area contributed by atoms with E-state index in [-0.39, 0.29) is 17.8 Å². The van der Waals surface area contributed by atoms with E-state index in [1.54, 1.807) is 31.3 Å². The number of rotatable bonds is 6. The molecule has 9 heteroatoms. The van der Waals surface area contributed by atoms with Gasteiger partial charge in [-0.1, -0.05) is 6.07 Å². The average molecular weight is 424 g/mol. The summed E-state index contributed by atoms with van der Waals surface area (Å²) >= 11 is 0. The van der Waals surface area contributed by atoms with E-state index in [2.05, 4.69) is 5.32 Å². The molecule has 2 aromatic carbocycles. The highest BCUT2D eigenvalue weighted by Crippen LogP contribution is 2.39. The number of hydrogen-bond acceptors (Lipinski definition) is 4. The monoisotopic (exact) mass is 424 g/mol. The molecular weight excluding hydrogens is 401 g/mol. The summed E-state index contributed by atoms with van der Waals surface area (Å²) in [4.78, 5) is 14.6. The van der Waals surface area contributed by atoms with Crippen molar-refractivity contribution in [1.82, 2.24) is 4.90 Å². The van der Waals surface area contributed by atoms with Crippen LogP contribution in [-0.4, -0.2) is 44.5 Å². The minimum absolute atomic E-state index is 0.0277. The SMILES string of the molecule is COc1ccc(C2CCCN2C(=O)Nc2cccc(OCC(F)(F)F)c2)c(OC)c1. The molecule has 1 atom stereocenters. The van der Waals surface area contributed by atoms with E-state index in [0.717, 1.165) is 18.4 Å². The summed E-state index contributed by atoms with van der Waals surface area (Å²) in [7, 11) is 3.13. The van der Waals surface area contributed by atoms with Crippen molar-refractivity contribution in [2.45, 2.75) is 25.1 Å². The number of nitrogens with zero attached hydrogens (tertiary/aromatic N) is 1. The Bertz CT molecular complexity index is 889. The zero-order valence-corrected chi connectivity index (χ0v) is 16.7. The van der Waals surface area contributed by atoms with Crippen LogP contribution in [0.1, 0.15) is 24.4 Å². The van der Waals surface area contributed by atoms with E-state index < -0.39 is 12.8 Å². The van der Waals surface area contributed by atoms with E-state index >= 15 is 0 Å². The van der Waals surface area contributed by atoms with Gasteiger partial charge in [0.2, 0.25) is 0 Å². The predicted molar refractivity (Wildman–Crippen MR) is 105 cm³/mol. The van der Waals surface area contributed by atoms with Crippen LogP contribution in [0.5, 0.6) is 17.2 Å². The molecule has 0 aromatic heterocycles. The third-order valence-electron chi connectivity index (χ3n) is 4.80. The lowest BCUT2D eigenvalue weighted by atomic mass is 10.0. The zero-order chi connectivity index (χ0) is 21.7. The highest BCUT2D eigenvalue weighted by Gasteiger charge is 2.32. The number of carbonyl (C=O) groups excluding carboxylic acids is 1. The largest absolute Gasteiger partial charge is 0.497 e. The molecule has 1 aliphatic rings. The molecule has 0 aliphatic carbocycles. The Balaban J connectivity index is 1.72. The molecule has 0 saturated carbocycles. The minimum atomic E-state index is -4.43. The van der Waals surface area contributed by atoms with E-state index in [0.29, 0.717) is 23.7 Å². The van der Waals surface area contributed by atoms with E-state index in [4.69, 9.17) is 14.2 Å². The molecule has 2 amide bonds. The molecule has 1 N–H and O–H groups in total. The maximum absolute atomic E-state index is 12.9. The van der Waals surface area contributed by atoms with Gasteiger partial charge in [-0.15, -0.1) is 0 Å². The van der Waals surface area contributed by atoms with Crippen LogP contribution in [0, 0.1) is 0 Å². The van der Waals surface area contributed by atoms with Crippen LogP contribution in [0.25, 0.3) is 0 Å². The first-order valence-electron chi connectivity index (χ1n) is 9.40. The Morgan fingerprint density at radius 1 is 1.13 bits per heavy atom. The summed E-state index contributed by atoms with van der Waals surface area (Å²) in [6, 6.07) is 10.8. The van der Waals surface area contributed by atoms with Crippen LogP contribution < -0.4 is 19.5 Å². The van der Waals surface area contributed by atoms with Crippen LogP contribution in [0.3, 0.4) is 0 Å². The van der Waals surface area contributed by atoms with Gasteiger partial charge in [0.25, 0.3) is 0 Å². The van der Waals surface area contributed by atoms with Gasteiger partial charge >= 0.3 is 12.2 Å². The van der Waals surface area contributed by atoms with Gasteiger partial charge in [-0.25, -0.2) is 4.79 Å². The molecule has 3 rings (SSSR count). The number of alkyl halides is 3. The number of benzene rings is 2. The summed E-state index contributed by atoms with van der Waals surface area (Å²) in [6.07, 6.45) is -2.84. The van der Waals surface area contributed by atoms with Crippen molar-refractivity contribution in [2.24, 2.45) is 0 Å². The van der Waals surface area contributed by atoms with E-state index in [1.807, 2.05) is 12.1 Å². The number of amides is 2. The molecule has 1 saturated heterocycles. The number of urea groups is 1. The lowest BCUT2D eigenvalue weighted by Crippen LogP contribution is -2.34. The van der Waals surface area contributed by atoms with Crippen LogP contribution in [0.15, 0.2) is 42.5 Å². The van der Waals surface area contributed by atoms with Crippen molar-refractivity contribution in [3.05, 3.63) is 48.0 Å². The number of methoxy groups -OCH3 is 2. The first kappa shape index (κ1) is 21.6. The van der Waals surface area contributed by atoms with Gasteiger partial charge in [0, 0.05) is 29.9 Å². The first-order chi connectivity index (χ1) is 14.3. The molecule has 1 unspecified atom stereocenters. The predicted octanol–water partition coefficient (Wildman–Crippen LogP) is 5.01. The van der Waals surface area contributed by atoms with E-state index in [9.17, 15) is 18.0 Å². The maximum Gasteiger partial charge on any atom is 0.422 e. The Hall–Kier alpha value is -3.10. The molecule has 30 heavy (non-hydrogen) atoms. The van der Waals surface area contributed by atoms with Crippen molar-refractivity contribution in [3.8, 4) is 17.2 Å². The smallest absolute Gasteiger partial charge is 0.422 e. The van der Waals surface area contributed by atoms with Crippen LogP contribution in [0.2, 0.25) is 0 Å². The van der Waals surface area contributed by atoms with Crippen LogP contribution >= 0.6 is 0 Å². The second kappa shape index (κ2) is 9.15. The minimum Gasteiger partial charge on any atom is -0.497 e. The molecule has 1 heterocycles. The van der Waals surface area contributed by atoms with Gasteiger partial charge in [-0.05, 0) is 37.1 Å². The summed E-state index contributed by atoms with van der Waals surface area (Å²) in [5, 5.41) is 2.74. The van der Waals surface area contributed by atoms with Crippen LogP contribution in [-0.2, 0) is 0 Å². The molecule has 0 bridgehead atoms. The molecule has 6 nitrogen and oxygen atoms in total. The van der Waals surface area contributed by atoms with Gasteiger partial charge in [0.05, 0.1) is 20.3 Å². The molecule has 1 aliphatic heterocycles. The van der Waals surface area contributed by atoms with Crippen molar-refractivity contribution < 1.29 is 32.2 Å². The fourth-order valence-electron chi connectivity index (χ4n) is 3.45. The topological polar surface area (TPSA) is 60.0 Å². The lowest BCUT2D eigenvalue weighted by Gasteiger charge is -2.27. The number of halogens is 3. The Labute approximate surface area is 172 Å². The van der Waals surface area contributed by atoms with Gasteiger partial charge in [0.1, 0.15) is 17.2 Å². The number of nitrogens with one attached hydrogen (secondary N) is 1. The van der Waals surface area contributed by atoms with Gasteiger partial charge < -0.3 is 24.4 Å². The Kier molecular flexibility index (Phi) is 6.59. The number of anilines is 1. The number of hydrogen-bond donors (Lipinski definition) is 1. The molecule has 0 radical (unpaired) electrons. The molecule has 0 spiro atoms. The standard InChI is InChI=1S/C21H23F3N2O4/c1-28-15-8-9-17(19(12-15)29-2)18-7-4-10-26(18)20(27)25-14-5-3-6-16(11-14)30-13-21(22,23)24/h3,5-6,8-9,11-12,18H,4,7,10,13H2,1-2H3,(H,25,27). The highest BCUT2D eigenvalue weighted by molar-refractivity contribution is 5.90. The van der Waals surface area contributed by atoms with E-state index in [1.165, 1.54) is 18.2 Å². The zero-order valence-electron chi connectivity index (χ0n) is 16.7. The van der Waals surface area contributed by atoms with Crippen molar-refractivity contribution in [2.75, 3.05) is 32.7 Å². The molecular formula is C21H23F3N2O4. The van der Waals surface area contributed by atoms with Crippen molar-refractivity contribution in [3.63, 3.8) is 0 Å². The quantitative estimate of drug-likeness (QED) is 0.708. The normalized spacial score (nSPS) is 16.3. The Morgan fingerprint density at radius 3 is 2.63 bits per heavy atom. The second-order valence-electron chi connectivity index (χ2n) is 6.82. The maximum atomic E-state index is 12.9. The molecule has 162 valence electrons. The van der Waals surface area contributed by atoms with Gasteiger partial charge in [-0.3, -0.25) is 0 Å². The lowest BCUT2D eigenvalue weighted by molar-refractivity contribution is -0.153. The fraction of sp³-hybridized carbons (Fsp3) is 0.381. The van der Waals surface area contributed by atoms with Gasteiger partial charge in [0.15, 0.2) is 6.61 Å². The Morgan fingerprint density at radius 2 is 1.93 bits per heavy atom. The summed E-state index contributed by atoms with van der Waals surface area (Å²) in [5.41, 5.74) is 1.22.